The maximum atomic E-state index is 3.56. The predicted octanol–water partition coefficient (Wildman–Crippen LogP) is 3.74. The minimum absolute atomic E-state index is 0.446. The highest BCUT2D eigenvalue weighted by Crippen LogP contribution is 2.15. The van der Waals surface area contributed by atoms with Gasteiger partial charge in [-0.3, -0.25) is 0 Å². The summed E-state index contributed by atoms with van der Waals surface area (Å²) < 4.78 is 1.29. The summed E-state index contributed by atoms with van der Waals surface area (Å²) in [6, 6.07) is 9.74. The summed E-state index contributed by atoms with van der Waals surface area (Å²) in [4.78, 5) is 0. The van der Waals surface area contributed by atoms with E-state index in [9.17, 15) is 0 Å². The third kappa shape index (κ3) is 3.58. The summed E-state index contributed by atoms with van der Waals surface area (Å²) in [5.41, 5.74) is 1.37. The van der Waals surface area contributed by atoms with Crippen molar-refractivity contribution in [2.24, 2.45) is 0 Å². The zero-order valence-corrected chi connectivity index (χ0v) is 11.2. The second kappa shape index (κ2) is 5.71. The van der Waals surface area contributed by atoms with Crippen LogP contribution in [0.25, 0.3) is 0 Å². The second-order valence-corrected chi connectivity index (χ2v) is 4.99. The fourth-order valence-electron chi connectivity index (χ4n) is 1.39. The number of hydrogen-bond donors (Lipinski definition) is 1. The first-order chi connectivity index (χ1) is 6.63. The van der Waals surface area contributed by atoms with Crippen molar-refractivity contribution in [2.45, 2.75) is 39.3 Å². The fourth-order valence-corrected chi connectivity index (χ4v) is 1.75. The molecule has 0 spiro atoms. The van der Waals surface area contributed by atoms with Crippen molar-refractivity contribution in [3.05, 3.63) is 33.4 Å². The molecule has 0 amide bonds. The zero-order valence-electron chi connectivity index (χ0n) is 9.05. The van der Waals surface area contributed by atoms with Crippen molar-refractivity contribution in [3.8, 4) is 0 Å². The Labute approximate surface area is 100 Å². The Morgan fingerprint density at radius 2 is 1.79 bits per heavy atom. The van der Waals surface area contributed by atoms with Crippen molar-refractivity contribution in [1.29, 1.82) is 0 Å². The van der Waals surface area contributed by atoms with Crippen molar-refractivity contribution < 1.29 is 0 Å². The van der Waals surface area contributed by atoms with E-state index in [1.54, 1.807) is 0 Å². The molecule has 0 bridgehead atoms. The minimum atomic E-state index is 0.446. The molecule has 0 fully saturated rings. The molecule has 0 aliphatic heterocycles. The van der Waals surface area contributed by atoms with Gasteiger partial charge in [-0.25, -0.2) is 0 Å². The van der Waals surface area contributed by atoms with Crippen LogP contribution in [0.1, 0.15) is 38.8 Å². The van der Waals surface area contributed by atoms with Crippen LogP contribution in [0.5, 0.6) is 0 Å². The largest absolute Gasteiger partial charge is 0.308 e. The minimum Gasteiger partial charge on any atom is -0.308 e. The number of rotatable bonds is 4. The zero-order chi connectivity index (χ0) is 10.6. The van der Waals surface area contributed by atoms with Gasteiger partial charge in [0, 0.05) is 15.7 Å². The topological polar surface area (TPSA) is 12.0 Å². The monoisotopic (exact) mass is 303 g/mol. The predicted molar refractivity (Wildman–Crippen MR) is 70.5 cm³/mol. The lowest BCUT2D eigenvalue weighted by Gasteiger charge is -2.19. The maximum Gasteiger partial charge on any atom is 0.0294 e. The third-order valence-electron chi connectivity index (χ3n) is 2.52. The van der Waals surface area contributed by atoms with Crippen molar-refractivity contribution in [3.63, 3.8) is 0 Å². The number of halogens is 1. The van der Waals surface area contributed by atoms with E-state index in [2.05, 4.69) is 72.9 Å². The normalized spacial score (nSPS) is 15.1. The standard InChI is InChI=1S/C12H18IN/c1-4-9(2)14-10(3)11-5-7-12(13)8-6-11/h5-10,14H,4H2,1-3H3. The Hall–Kier alpha value is -0.0900. The summed E-state index contributed by atoms with van der Waals surface area (Å²) >= 11 is 2.33. The molecule has 1 N–H and O–H groups in total. The van der Waals surface area contributed by atoms with E-state index < -0.39 is 0 Å². The van der Waals surface area contributed by atoms with Crippen LogP contribution in [0.3, 0.4) is 0 Å². The summed E-state index contributed by atoms with van der Waals surface area (Å²) in [5, 5.41) is 3.56. The Bertz CT molecular complexity index is 268. The van der Waals surface area contributed by atoms with Crippen LogP contribution >= 0.6 is 22.6 Å². The third-order valence-corrected chi connectivity index (χ3v) is 3.24. The van der Waals surface area contributed by atoms with Crippen LogP contribution in [0, 0.1) is 3.57 Å². The highest BCUT2D eigenvalue weighted by Gasteiger charge is 2.07. The molecule has 78 valence electrons. The molecule has 1 aromatic rings. The Kier molecular flexibility index (Phi) is 4.89. The van der Waals surface area contributed by atoms with E-state index in [1.807, 2.05) is 0 Å². The molecule has 0 heterocycles. The molecule has 0 radical (unpaired) electrons. The SMILES string of the molecule is CCC(C)NC(C)c1ccc(I)cc1. The van der Waals surface area contributed by atoms with Crippen molar-refractivity contribution in [1.82, 2.24) is 5.32 Å². The van der Waals surface area contributed by atoms with E-state index in [0.717, 1.165) is 0 Å². The number of benzene rings is 1. The first-order valence-corrected chi connectivity index (χ1v) is 6.23. The van der Waals surface area contributed by atoms with Gasteiger partial charge in [-0.1, -0.05) is 19.1 Å². The van der Waals surface area contributed by atoms with Gasteiger partial charge >= 0.3 is 0 Å². The first kappa shape index (κ1) is 12.0. The van der Waals surface area contributed by atoms with Crippen LogP contribution in [0.4, 0.5) is 0 Å². The molecule has 0 aliphatic rings. The lowest BCUT2D eigenvalue weighted by Crippen LogP contribution is -2.28. The Morgan fingerprint density at radius 3 is 2.29 bits per heavy atom. The molecule has 2 unspecified atom stereocenters. The molecule has 0 saturated heterocycles. The van der Waals surface area contributed by atoms with E-state index >= 15 is 0 Å². The number of nitrogens with one attached hydrogen (secondary N) is 1. The molecule has 1 nitrogen and oxygen atoms in total. The molecule has 0 aliphatic carbocycles. The lowest BCUT2D eigenvalue weighted by atomic mass is 10.1. The lowest BCUT2D eigenvalue weighted by molar-refractivity contribution is 0.469. The average molecular weight is 303 g/mol. The van der Waals surface area contributed by atoms with E-state index in [1.165, 1.54) is 15.6 Å². The summed E-state index contributed by atoms with van der Waals surface area (Å²) in [6.07, 6.45) is 1.18. The van der Waals surface area contributed by atoms with E-state index in [4.69, 9.17) is 0 Å². The van der Waals surface area contributed by atoms with Crippen LogP contribution in [0.2, 0.25) is 0 Å². The van der Waals surface area contributed by atoms with Crippen LogP contribution < -0.4 is 5.32 Å². The van der Waals surface area contributed by atoms with Gasteiger partial charge in [0.15, 0.2) is 0 Å². The molecule has 2 heteroatoms. The molecule has 0 aromatic heterocycles. The molecular weight excluding hydrogens is 285 g/mol. The molecule has 14 heavy (non-hydrogen) atoms. The summed E-state index contributed by atoms with van der Waals surface area (Å²) in [5.74, 6) is 0. The Morgan fingerprint density at radius 1 is 1.21 bits per heavy atom. The van der Waals surface area contributed by atoms with E-state index in [-0.39, 0.29) is 0 Å². The van der Waals surface area contributed by atoms with Crippen LogP contribution in [0.15, 0.2) is 24.3 Å². The van der Waals surface area contributed by atoms with Gasteiger partial charge in [0.25, 0.3) is 0 Å². The molecule has 2 atom stereocenters. The highest BCUT2D eigenvalue weighted by atomic mass is 127. The van der Waals surface area contributed by atoms with Gasteiger partial charge in [-0.15, -0.1) is 0 Å². The fraction of sp³-hybridized carbons (Fsp3) is 0.500. The van der Waals surface area contributed by atoms with Crippen LogP contribution in [-0.4, -0.2) is 6.04 Å². The summed E-state index contributed by atoms with van der Waals surface area (Å²) in [6.45, 7) is 6.65. The van der Waals surface area contributed by atoms with E-state index in [0.29, 0.717) is 12.1 Å². The molecule has 0 saturated carbocycles. The van der Waals surface area contributed by atoms with Gasteiger partial charge in [-0.2, -0.15) is 0 Å². The smallest absolute Gasteiger partial charge is 0.0294 e. The van der Waals surface area contributed by atoms with Gasteiger partial charge < -0.3 is 5.32 Å². The van der Waals surface area contributed by atoms with Crippen molar-refractivity contribution in [2.75, 3.05) is 0 Å². The maximum absolute atomic E-state index is 3.56. The average Bonchev–Trinajstić information content (AvgIpc) is 2.18. The molecule has 1 rings (SSSR count). The van der Waals surface area contributed by atoms with Gasteiger partial charge in [0.2, 0.25) is 0 Å². The summed E-state index contributed by atoms with van der Waals surface area (Å²) in [7, 11) is 0. The highest BCUT2D eigenvalue weighted by molar-refractivity contribution is 14.1. The Balaban J connectivity index is 2.60. The second-order valence-electron chi connectivity index (χ2n) is 3.75. The van der Waals surface area contributed by atoms with Crippen LogP contribution in [-0.2, 0) is 0 Å². The van der Waals surface area contributed by atoms with Gasteiger partial charge in [0.05, 0.1) is 0 Å². The van der Waals surface area contributed by atoms with Crippen molar-refractivity contribution >= 4 is 22.6 Å². The van der Waals surface area contributed by atoms with Gasteiger partial charge in [0.1, 0.15) is 0 Å². The first-order valence-electron chi connectivity index (χ1n) is 5.15. The number of hydrogen-bond acceptors (Lipinski definition) is 1. The molecule has 1 aromatic carbocycles. The quantitative estimate of drug-likeness (QED) is 0.836. The molecular formula is C12H18IN. The van der Waals surface area contributed by atoms with Gasteiger partial charge in [-0.05, 0) is 60.6 Å².